The molecule has 1 fully saturated rings. The number of hydrogen-bond donors (Lipinski definition) is 1. The van der Waals surface area contributed by atoms with Gasteiger partial charge in [-0.2, -0.15) is 0 Å². The van der Waals surface area contributed by atoms with Crippen LogP contribution in [-0.4, -0.2) is 26.0 Å². The minimum Gasteiger partial charge on any atom is -0.327 e. The van der Waals surface area contributed by atoms with Crippen LogP contribution in [0.4, 0.5) is 0 Å². The Balaban J connectivity index is 2.00. The van der Waals surface area contributed by atoms with E-state index in [1.165, 1.54) is 0 Å². The number of hydrogen-bond acceptors (Lipinski definition) is 3. The third kappa shape index (κ3) is 3.44. The summed E-state index contributed by atoms with van der Waals surface area (Å²) in [6, 6.07) is 7.44. The topological polar surface area (TPSA) is 60.2 Å². The third-order valence-electron chi connectivity index (χ3n) is 3.23. The van der Waals surface area contributed by atoms with Crippen LogP contribution in [0.5, 0.6) is 0 Å². The summed E-state index contributed by atoms with van der Waals surface area (Å²) < 4.78 is 22.8. The Hall–Kier alpha value is -0.580. The van der Waals surface area contributed by atoms with Crippen LogP contribution in [0.3, 0.4) is 0 Å². The van der Waals surface area contributed by atoms with E-state index in [1.54, 1.807) is 0 Å². The van der Waals surface area contributed by atoms with Gasteiger partial charge >= 0.3 is 0 Å². The summed E-state index contributed by atoms with van der Waals surface area (Å²) in [5.74, 6) is 0.592. The van der Waals surface area contributed by atoms with Gasteiger partial charge in [-0.15, -0.1) is 0 Å². The fraction of sp³-hybridized carbons (Fsp3) is 0.500. The van der Waals surface area contributed by atoms with Crippen molar-refractivity contribution in [3.8, 4) is 0 Å². The van der Waals surface area contributed by atoms with Gasteiger partial charge in [-0.05, 0) is 36.5 Å². The lowest BCUT2D eigenvalue weighted by atomic mass is 9.94. The summed E-state index contributed by atoms with van der Waals surface area (Å²) in [5.41, 5.74) is 7.14. The molecule has 17 heavy (non-hydrogen) atoms. The number of nitrogens with two attached hydrogens (primary N) is 1. The van der Waals surface area contributed by atoms with E-state index in [0.717, 1.165) is 5.56 Å². The van der Waals surface area contributed by atoms with Gasteiger partial charge < -0.3 is 5.73 Å². The molecule has 0 saturated carbocycles. The van der Waals surface area contributed by atoms with Crippen molar-refractivity contribution in [2.45, 2.75) is 18.9 Å². The largest absolute Gasteiger partial charge is 0.327 e. The Kier molecular flexibility index (Phi) is 3.76. The summed E-state index contributed by atoms with van der Waals surface area (Å²) in [4.78, 5) is 0. The summed E-state index contributed by atoms with van der Waals surface area (Å²) in [6.45, 7) is 0. The van der Waals surface area contributed by atoms with Crippen molar-refractivity contribution in [2.75, 3.05) is 11.5 Å². The molecule has 1 aliphatic rings. The van der Waals surface area contributed by atoms with Crippen LogP contribution in [0.25, 0.3) is 0 Å². The molecule has 2 rings (SSSR count). The maximum Gasteiger partial charge on any atom is 0.150 e. The Morgan fingerprint density at radius 2 is 2.24 bits per heavy atom. The van der Waals surface area contributed by atoms with Crippen molar-refractivity contribution >= 4 is 21.4 Å². The molecule has 5 heteroatoms. The predicted octanol–water partition coefficient (Wildman–Crippen LogP) is 1.64. The zero-order chi connectivity index (χ0) is 12.5. The molecule has 2 unspecified atom stereocenters. The fourth-order valence-electron chi connectivity index (χ4n) is 2.26. The van der Waals surface area contributed by atoms with Crippen molar-refractivity contribution in [2.24, 2.45) is 11.7 Å². The van der Waals surface area contributed by atoms with E-state index in [9.17, 15) is 8.42 Å². The highest BCUT2D eigenvalue weighted by Crippen LogP contribution is 2.23. The Morgan fingerprint density at radius 1 is 1.47 bits per heavy atom. The van der Waals surface area contributed by atoms with E-state index in [1.807, 2.05) is 24.3 Å². The summed E-state index contributed by atoms with van der Waals surface area (Å²) >= 11 is 5.90. The SMILES string of the molecule is NC(Cc1cccc(Cl)c1)C1CCS(=O)(=O)C1. The van der Waals surface area contributed by atoms with Gasteiger partial charge in [0.2, 0.25) is 0 Å². The molecule has 3 nitrogen and oxygen atoms in total. The van der Waals surface area contributed by atoms with E-state index in [-0.39, 0.29) is 23.5 Å². The first-order valence-electron chi connectivity index (χ1n) is 5.67. The number of sulfone groups is 1. The van der Waals surface area contributed by atoms with Crippen molar-refractivity contribution in [3.05, 3.63) is 34.9 Å². The fourth-order valence-corrected chi connectivity index (χ4v) is 4.37. The molecule has 2 atom stereocenters. The maximum atomic E-state index is 11.4. The van der Waals surface area contributed by atoms with E-state index >= 15 is 0 Å². The summed E-state index contributed by atoms with van der Waals surface area (Å²) in [5, 5.41) is 0.689. The summed E-state index contributed by atoms with van der Waals surface area (Å²) in [7, 11) is -2.85. The smallest absolute Gasteiger partial charge is 0.150 e. The van der Waals surface area contributed by atoms with E-state index in [4.69, 9.17) is 17.3 Å². The van der Waals surface area contributed by atoms with Crippen LogP contribution >= 0.6 is 11.6 Å². The van der Waals surface area contributed by atoms with E-state index in [2.05, 4.69) is 0 Å². The van der Waals surface area contributed by atoms with E-state index in [0.29, 0.717) is 17.9 Å². The zero-order valence-electron chi connectivity index (χ0n) is 9.47. The monoisotopic (exact) mass is 273 g/mol. The van der Waals surface area contributed by atoms with Gasteiger partial charge in [0.25, 0.3) is 0 Å². The standard InChI is InChI=1S/C12H16ClNO2S/c13-11-3-1-2-9(6-11)7-12(14)10-4-5-17(15,16)8-10/h1-3,6,10,12H,4-5,7-8,14H2. The first kappa shape index (κ1) is 12.9. The second-order valence-electron chi connectivity index (χ2n) is 4.66. The lowest BCUT2D eigenvalue weighted by molar-refractivity contribution is 0.461. The molecule has 1 aromatic carbocycles. The van der Waals surface area contributed by atoms with Crippen LogP contribution in [0.1, 0.15) is 12.0 Å². The van der Waals surface area contributed by atoms with Crippen molar-refractivity contribution < 1.29 is 8.42 Å². The van der Waals surface area contributed by atoms with Crippen LogP contribution in [0.15, 0.2) is 24.3 Å². The molecule has 2 N–H and O–H groups in total. The molecule has 0 spiro atoms. The normalized spacial score (nSPS) is 24.7. The van der Waals surface area contributed by atoms with Crippen molar-refractivity contribution in [3.63, 3.8) is 0 Å². The van der Waals surface area contributed by atoms with Gasteiger partial charge in [-0.1, -0.05) is 23.7 Å². The highest BCUT2D eigenvalue weighted by Gasteiger charge is 2.31. The number of rotatable bonds is 3. The van der Waals surface area contributed by atoms with Gasteiger partial charge in [-0.25, -0.2) is 8.42 Å². The van der Waals surface area contributed by atoms with Gasteiger partial charge in [0.15, 0.2) is 9.84 Å². The van der Waals surface area contributed by atoms with E-state index < -0.39 is 9.84 Å². The maximum absolute atomic E-state index is 11.4. The quantitative estimate of drug-likeness (QED) is 0.911. The Bertz CT molecular complexity index is 501. The minimum atomic E-state index is -2.85. The lowest BCUT2D eigenvalue weighted by Crippen LogP contribution is -2.33. The molecule has 1 aromatic rings. The highest BCUT2D eigenvalue weighted by molar-refractivity contribution is 7.91. The van der Waals surface area contributed by atoms with Gasteiger partial charge in [0.1, 0.15) is 0 Å². The second-order valence-corrected chi connectivity index (χ2v) is 7.33. The number of benzene rings is 1. The molecule has 0 aromatic heterocycles. The molecule has 0 amide bonds. The van der Waals surface area contributed by atoms with Gasteiger partial charge in [0.05, 0.1) is 11.5 Å². The van der Waals surface area contributed by atoms with Gasteiger partial charge in [-0.3, -0.25) is 0 Å². The molecule has 1 aliphatic heterocycles. The van der Waals surface area contributed by atoms with Crippen molar-refractivity contribution in [1.29, 1.82) is 0 Å². The lowest BCUT2D eigenvalue weighted by Gasteiger charge is -2.17. The molecule has 0 radical (unpaired) electrons. The number of halogens is 1. The first-order chi connectivity index (χ1) is 7.96. The average molecular weight is 274 g/mol. The molecular formula is C12H16ClNO2S. The summed E-state index contributed by atoms with van der Waals surface area (Å²) in [6.07, 6.45) is 1.37. The molecule has 0 aliphatic carbocycles. The Morgan fingerprint density at radius 3 is 2.82 bits per heavy atom. The third-order valence-corrected chi connectivity index (χ3v) is 5.26. The molecular weight excluding hydrogens is 258 g/mol. The average Bonchev–Trinajstić information content (AvgIpc) is 2.59. The van der Waals surface area contributed by atoms with Crippen LogP contribution in [0.2, 0.25) is 5.02 Å². The minimum absolute atomic E-state index is 0.0824. The second kappa shape index (κ2) is 4.96. The van der Waals surface area contributed by atoms with Gasteiger partial charge in [0, 0.05) is 11.1 Å². The molecule has 0 bridgehead atoms. The Labute approximate surface area is 107 Å². The molecule has 1 heterocycles. The predicted molar refractivity (Wildman–Crippen MR) is 69.9 cm³/mol. The first-order valence-corrected chi connectivity index (χ1v) is 7.87. The zero-order valence-corrected chi connectivity index (χ0v) is 11.0. The van der Waals surface area contributed by atoms with Crippen LogP contribution in [0, 0.1) is 5.92 Å². The van der Waals surface area contributed by atoms with Crippen molar-refractivity contribution in [1.82, 2.24) is 0 Å². The van der Waals surface area contributed by atoms with Crippen LogP contribution < -0.4 is 5.73 Å². The van der Waals surface area contributed by atoms with Crippen LogP contribution in [-0.2, 0) is 16.3 Å². The molecule has 94 valence electrons. The molecule has 1 saturated heterocycles. The highest BCUT2D eigenvalue weighted by atomic mass is 35.5.